The van der Waals surface area contributed by atoms with E-state index in [2.05, 4.69) is 27.6 Å². The summed E-state index contributed by atoms with van der Waals surface area (Å²) < 4.78 is 1.94. The van der Waals surface area contributed by atoms with Crippen LogP contribution in [-0.2, 0) is 6.54 Å². The van der Waals surface area contributed by atoms with Crippen LogP contribution >= 0.6 is 12.4 Å². The number of hydrogen-bond donors (Lipinski definition) is 2. The molecule has 110 valence electrons. The molecule has 6 heteroatoms. The maximum atomic E-state index is 4.42. The van der Waals surface area contributed by atoms with Crippen LogP contribution in [0.4, 0.5) is 5.69 Å². The van der Waals surface area contributed by atoms with Gasteiger partial charge in [0.1, 0.15) is 0 Å². The van der Waals surface area contributed by atoms with E-state index in [1.54, 1.807) is 0 Å². The first-order chi connectivity index (χ1) is 9.38. The van der Waals surface area contributed by atoms with Crippen molar-refractivity contribution >= 4 is 29.1 Å². The van der Waals surface area contributed by atoms with E-state index in [0.717, 1.165) is 48.8 Å². The number of halogens is 1. The Balaban J connectivity index is 0.00000147. The fraction of sp³-hybridized carbons (Fsp3) is 0.571. The van der Waals surface area contributed by atoms with Crippen LogP contribution in [0.5, 0.6) is 0 Å². The van der Waals surface area contributed by atoms with Gasteiger partial charge in [-0.25, -0.2) is 9.67 Å². The fourth-order valence-electron chi connectivity index (χ4n) is 2.70. The highest BCUT2D eigenvalue weighted by Crippen LogP contribution is 2.22. The lowest BCUT2D eigenvalue weighted by atomic mass is 9.98. The van der Waals surface area contributed by atoms with Gasteiger partial charge >= 0.3 is 0 Å². The molecular formula is C14H22ClN5. The Bertz CT molecular complexity index is 547. The molecule has 0 amide bonds. The maximum Gasteiger partial charge on any atom is 0.159 e. The number of rotatable bonds is 4. The Labute approximate surface area is 125 Å². The van der Waals surface area contributed by atoms with Gasteiger partial charge in [0.05, 0.1) is 11.6 Å². The van der Waals surface area contributed by atoms with Crippen LogP contribution in [-0.4, -0.2) is 34.4 Å². The molecule has 2 N–H and O–H groups in total. The molecule has 2 aromatic rings. The summed E-state index contributed by atoms with van der Waals surface area (Å²) in [6.07, 6.45) is 6.29. The molecule has 0 aliphatic carbocycles. The van der Waals surface area contributed by atoms with Gasteiger partial charge in [0.2, 0.25) is 0 Å². The van der Waals surface area contributed by atoms with Crippen LogP contribution in [0.1, 0.15) is 19.8 Å². The number of aromatic nitrogens is 3. The monoisotopic (exact) mass is 295 g/mol. The van der Waals surface area contributed by atoms with Crippen molar-refractivity contribution in [3.8, 4) is 0 Å². The zero-order valence-corrected chi connectivity index (χ0v) is 12.6. The van der Waals surface area contributed by atoms with Crippen molar-refractivity contribution < 1.29 is 0 Å². The van der Waals surface area contributed by atoms with Crippen LogP contribution in [0.3, 0.4) is 0 Å². The lowest BCUT2D eigenvalue weighted by Crippen LogP contribution is -2.31. The molecule has 0 unspecified atom stereocenters. The smallest absolute Gasteiger partial charge is 0.159 e. The molecule has 20 heavy (non-hydrogen) atoms. The summed E-state index contributed by atoms with van der Waals surface area (Å²) in [6.45, 7) is 6.27. The molecule has 2 aromatic heterocycles. The van der Waals surface area contributed by atoms with Gasteiger partial charge in [0.15, 0.2) is 5.65 Å². The standard InChI is InChI=1S/C14H21N5.ClH/c1-2-19-14-12(10-18-19)13(5-8-16-14)17-9-11-3-6-15-7-4-11;/h5,8,10-11,15H,2-4,6-7,9H2,1H3,(H,16,17);1H. The summed E-state index contributed by atoms with van der Waals surface area (Å²) in [5.41, 5.74) is 2.13. The predicted octanol–water partition coefficient (Wildman–Crippen LogP) is 2.28. The summed E-state index contributed by atoms with van der Waals surface area (Å²) in [5, 5.41) is 12.5. The number of piperidine rings is 1. The van der Waals surface area contributed by atoms with Gasteiger partial charge in [-0.05, 0) is 44.8 Å². The average molecular weight is 296 g/mol. The van der Waals surface area contributed by atoms with E-state index in [0.29, 0.717) is 0 Å². The van der Waals surface area contributed by atoms with Crippen molar-refractivity contribution in [3.63, 3.8) is 0 Å². The molecule has 0 spiro atoms. The summed E-state index contributed by atoms with van der Waals surface area (Å²) in [6, 6.07) is 2.05. The Kier molecular flexibility index (Phi) is 5.20. The quantitative estimate of drug-likeness (QED) is 0.909. The minimum atomic E-state index is 0. The topological polar surface area (TPSA) is 54.8 Å². The van der Waals surface area contributed by atoms with Crippen LogP contribution < -0.4 is 10.6 Å². The van der Waals surface area contributed by atoms with E-state index < -0.39 is 0 Å². The van der Waals surface area contributed by atoms with Gasteiger partial charge in [0.25, 0.3) is 0 Å². The Morgan fingerprint density at radius 2 is 2.20 bits per heavy atom. The molecule has 1 aliphatic rings. The molecule has 5 nitrogen and oxygen atoms in total. The van der Waals surface area contributed by atoms with Crippen LogP contribution in [0.15, 0.2) is 18.5 Å². The van der Waals surface area contributed by atoms with Crippen molar-refractivity contribution in [3.05, 3.63) is 18.5 Å². The molecule has 0 aromatic carbocycles. The maximum absolute atomic E-state index is 4.42. The predicted molar refractivity (Wildman–Crippen MR) is 84.5 cm³/mol. The Morgan fingerprint density at radius 1 is 1.40 bits per heavy atom. The molecule has 1 aliphatic heterocycles. The van der Waals surface area contributed by atoms with Crippen molar-refractivity contribution in [1.29, 1.82) is 0 Å². The number of nitrogens with zero attached hydrogens (tertiary/aromatic N) is 3. The van der Waals surface area contributed by atoms with Gasteiger partial charge < -0.3 is 10.6 Å². The number of nitrogens with one attached hydrogen (secondary N) is 2. The van der Waals surface area contributed by atoms with E-state index in [1.807, 2.05) is 23.1 Å². The molecule has 1 saturated heterocycles. The summed E-state index contributed by atoms with van der Waals surface area (Å²) in [5.74, 6) is 0.769. The summed E-state index contributed by atoms with van der Waals surface area (Å²) in [7, 11) is 0. The highest BCUT2D eigenvalue weighted by Gasteiger charge is 2.13. The van der Waals surface area contributed by atoms with Crippen LogP contribution in [0.25, 0.3) is 11.0 Å². The number of aryl methyl sites for hydroxylation is 1. The first-order valence-corrected chi connectivity index (χ1v) is 7.13. The van der Waals surface area contributed by atoms with Gasteiger partial charge in [-0.2, -0.15) is 5.10 Å². The largest absolute Gasteiger partial charge is 0.384 e. The molecule has 0 saturated carbocycles. The highest BCUT2D eigenvalue weighted by molar-refractivity contribution is 5.88. The third kappa shape index (κ3) is 3.04. The van der Waals surface area contributed by atoms with Crippen LogP contribution in [0, 0.1) is 5.92 Å². The molecule has 3 heterocycles. The normalized spacial score (nSPS) is 16.1. The number of pyridine rings is 1. The van der Waals surface area contributed by atoms with E-state index in [-0.39, 0.29) is 12.4 Å². The zero-order valence-electron chi connectivity index (χ0n) is 11.8. The lowest BCUT2D eigenvalue weighted by Gasteiger charge is -2.23. The molecule has 0 radical (unpaired) electrons. The van der Waals surface area contributed by atoms with E-state index in [4.69, 9.17) is 0 Å². The minimum absolute atomic E-state index is 0. The first kappa shape index (κ1) is 15.1. The second kappa shape index (κ2) is 6.90. The van der Waals surface area contributed by atoms with Gasteiger partial charge in [-0.1, -0.05) is 0 Å². The van der Waals surface area contributed by atoms with Crippen LogP contribution in [0.2, 0.25) is 0 Å². The van der Waals surface area contributed by atoms with Crippen molar-refractivity contribution in [1.82, 2.24) is 20.1 Å². The summed E-state index contributed by atoms with van der Waals surface area (Å²) >= 11 is 0. The second-order valence-corrected chi connectivity index (χ2v) is 5.13. The number of fused-ring (bicyclic) bond motifs is 1. The van der Waals surface area contributed by atoms with E-state index in [1.165, 1.54) is 12.8 Å². The number of anilines is 1. The second-order valence-electron chi connectivity index (χ2n) is 5.13. The average Bonchev–Trinajstić information content (AvgIpc) is 2.90. The Hall–Kier alpha value is -1.33. The minimum Gasteiger partial charge on any atom is -0.384 e. The van der Waals surface area contributed by atoms with Gasteiger partial charge in [-0.3, -0.25) is 0 Å². The Morgan fingerprint density at radius 3 is 2.95 bits per heavy atom. The molecule has 0 bridgehead atoms. The third-order valence-electron chi connectivity index (χ3n) is 3.88. The lowest BCUT2D eigenvalue weighted by molar-refractivity contribution is 0.390. The van der Waals surface area contributed by atoms with Crippen molar-refractivity contribution in [2.75, 3.05) is 25.0 Å². The van der Waals surface area contributed by atoms with E-state index in [9.17, 15) is 0 Å². The van der Waals surface area contributed by atoms with E-state index >= 15 is 0 Å². The van der Waals surface area contributed by atoms with Crippen molar-refractivity contribution in [2.45, 2.75) is 26.3 Å². The molecule has 0 atom stereocenters. The van der Waals surface area contributed by atoms with Crippen molar-refractivity contribution in [2.24, 2.45) is 5.92 Å². The SMILES string of the molecule is CCn1ncc2c(NCC3CCNCC3)ccnc21.Cl. The highest BCUT2D eigenvalue weighted by atomic mass is 35.5. The zero-order chi connectivity index (χ0) is 13.1. The van der Waals surface area contributed by atoms with Gasteiger partial charge in [0, 0.05) is 25.0 Å². The third-order valence-corrected chi connectivity index (χ3v) is 3.88. The molecule has 1 fully saturated rings. The fourth-order valence-corrected chi connectivity index (χ4v) is 2.70. The number of hydrogen-bond acceptors (Lipinski definition) is 4. The van der Waals surface area contributed by atoms with Gasteiger partial charge in [-0.15, -0.1) is 12.4 Å². The first-order valence-electron chi connectivity index (χ1n) is 7.13. The molecule has 3 rings (SSSR count). The molecular weight excluding hydrogens is 274 g/mol. The summed E-state index contributed by atoms with van der Waals surface area (Å²) in [4.78, 5) is 4.42.